The zero-order valence-corrected chi connectivity index (χ0v) is 11.1. The van der Waals surface area contributed by atoms with E-state index >= 15 is 0 Å². The molecule has 0 radical (unpaired) electrons. The first-order valence-electron chi connectivity index (χ1n) is 5.26. The third kappa shape index (κ3) is 3.22. The molecular formula is C13H10Cl2N2O. The van der Waals surface area contributed by atoms with Crippen LogP contribution in [0.15, 0.2) is 36.4 Å². The fraction of sp³-hybridized carbons (Fsp3) is 0.0769. The van der Waals surface area contributed by atoms with Crippen molar-refractivity contribution in [2.24, 2.45) is 0 Å². The smallest absolute Gasteiger partial charge is 0.256 e. The number of benzene rings is 1. The van der Waals surface area contributed by atoms with Gasteiger partial charge in [-0.25, -0.2) is 4.98 Å². The van der Waals surface area contributed by atoms with Crippen molar-refractivity contribution in [1.29, 1.82) is 0 Å². The molecule has 0 aliphatic carbocycles. The van der Waals surface area contributed by atoms with Crippen LogP contribution in [-0.2, 0) is 0 Å². The van der Waals surface area contributed by atoms with Gasteiger partial charge in [-0.15, -0.1) is 0 Å². The molecule has 0 atom stereocenters. The highest BCUT2D eigenvalue weighted by Crippen LogP contribution is 2.16. The number of hydrogen-bond donors (Lipinski definition) is 1. The number of rotatable bonds is 2. The van der Waals surface area contributed by atoms with Crippen molar-refractivity contribution in [3.8, 4) is 0 Å². The molecule has 2 rings (SSSR count). The lowest BCUT2D eigenvalue weighted by molar-refractivity contribution is 0.102. The molecule has 1 aromatic carbocycles. The first kappa shape index (κ1) is 12.9. The van der Waals surface area contributed by atoms with Crippen LogP contribution in [0.1, 0.15) is 15.9 Å². The molecule has 1 amide bonds. The van der Waals surface area contributed by atoms with Crippen LogP contribution in [-0.4, -0.2) is 10.9 Å². The summed E-state index contributed by atoms with van der Waals surface area (Å²) in [6, 6.07) is 10.2. The third-order valence-electron chi connectivity index (χ3n) is 2.26. The Morgan fingerprint density at radius 2 is 2.00 bits per heavy atom. The van der Waals surface area contributed by atoms with E-state index < -0.39 is 0 Å². The zero-order valence-electron chi connectivity index (χ0n) is 9.58. The summed E-state index contributed by atoms with van der Waals surface area (Å²) in [4.78, 5) is 16.0. The maximum atomic E-state index is 12.0. The molecule has 1 N–H and O–H groups in total. The Morgan fingerprint density at radius 1 is 1.22 bits per heavy atom. The standard InChI is InChI=1S/C13H10Cl2N2O/c1-8-5-9(7-10(14)6-8)13(18)17-12-4-2-3-11(15)16-12/h2-7H,1H3,(H,16,17,18). The highest BCUT2D eigenvalue weighted by Gasteiger charge is 2.08. The van der Waals surface area contributed by atoms with Crippen LogP contribution in [0.4, 0.5) is 5.82 Å². The fourth-order valence-corrected chi connectivity index (χ4v) is 1.99. The number of nitrogens with zero attached hydrogens (tertiary/aromatic N) is 1. The Labute approximate surface area is 115 Å². The Kier molecular flexibility index (Phi) is 3.84. The minimum absolute atomic E-state index is 0.268. The van der Waals surface area contributed by atoms with Crippen LogP contribution >= 0.6 is 23.2 Å². The SMILES string of the molecule is Cc1cc(Cl)cc(C(=O)Nc2cccc(Cl)n2)c1. The van der Waals surface area contributed by atoms with Crippen LogP contribution < -0.4 is 5.32 Å². The molecule has 0 aliphatic rings. The molecule has 18 heavy (non-hydrogen) atoms. The van der Waals surface area contributed by atoms with Gasteiger partial charge < -0.3 is 5.32 Å². The van der Waals surface area contributed by atoms with Crippen molar-refractivity contribution < 1.29 is 4.79 Å². The van der Waals surface area contributed by atoms with E-state index in [0.29, 0.717) is 21.6 Å². The molecule has 3 nitrogen and oxygen atoms in total. The first-order chi connectivity index (χ1) is 8.54. The van der Waals surface area contributed by atoms with Crippen LogP contribution in [0.2, 0.25) is 10.2 Å². The number of hydrogen-bond acceptors (Lipinski definition) is 2. The predicted molar refractivity (Wildman–Crippen MR) is 73.4 cm³/mol. The number of nitrogens with one attached hydrogen (secondary N) is 1. The minimum Gasteiger partial charge on any atom is -0.307 e. The molecule has 0 unspecified atom stereocenters. The predicted octanol–water partition coefficient (Wildman–Crippen LogP) is 3.95. The molecule has 5 heteroatoms. The van der Waals surface area contributed by atoms with Crippen molar-refractivity contribution in [3.63, 3.8) is 0 Å². The number of aromatic nitrogens is 1. The molecule has 92 valence electrons. The van der Waals surface area contributed by atoms with E-state index in [-0.39, 0.29) is 5.91 Å². The van der Waals surface area contributed by atoms with Gasteiger partial charge in [0.25, 0.3) is 5.91 Å². The Bertz CT molecular complexity index is 579. The minimum atomic E-state index is -0.268. The van der Waals surface area contributed by atoms with E-state index in [1.165, 1.54) is 0 Å². The number of carbonyl (C=O) groups is 1. The van der Waals surface area contributed by atoms with E-state index in [0.717, 1.165) is 5.56 Å². The van der Waals surface area contributed by atoms with Crippen molar-refractivity contribution >= 4 is 34.9 Å². The van der Waals surface area contributed by atoms with Gasteiger partial charge in [0.2, 0.25) is 0 Å². The molecule has 0 aliphatic heterocycles. The largest absolute Gasteiger partial charge is 0.307 e. The van der Waals surface area contributed by atoms with Crippen molar-refractivity contribution in [2.75, 3.05) is 5.32 Å². The normalized spacial score (nSPS) is 10.2. The van der Waals surface area contributed by atoms with Crippen molar-refractivity contribution in [1.82, 2.24) is 4.98 Å². The molecule has 0 spiro atoms. The van der Waals surface area contributed by atoms with Gasteiger partial charge in [0.1, 0.15) is 11.0 Å². The van der Waals surface area contributed by atoms with Crippen LogP contribution in [0, 0.1) is 6.92 Å². The summed E-state index contributed by atoms with van der Waals surface area (Å²) in [5.41, 5.74) is 1.41. The second-order valence-corrected chi connectivity index (χ2v) is 4.64. The molecule has 2 aromatic rings. The van der Waals surface area contributed by atoms with Gasteiger partial charge in [-0.3, -0.25) is 4.79 Å². The van der Waals surface area contributed by atoms with E-state index in [9.17, 15) is 4.79 Å². The lowest BCUT2D eigenvalue weighted by Gasteiger charge is -2.06. The lowest BCUT2D eigenvalue weighted by Crippen LogP contribution is -2.13. The summed E-state index contributed by atoms with van der Waals surface area (Å²) in [6.07, 6.45) is 0. The van der Waals surface area contributed by atoms with E-state index in [4.69, 9.17) is 23.2 Å². The van der Waals surface area contributed by atoms with Crippen LogP contribution in [0.3, 0.4) is 0 Å². The third-order valence-corrected chi connectivity index (χ3v) is 2.69. The maximum absolute atomic E-state index is 12.0. The summed E-state index contributed by atoms with van der Waals surface area (Å²) in [5.74, 6) is 0.139. The zero-order chi connectivity index (χ0) is 13.1. The van der Waals surface area contributed by atoms with Crippen molar-refractivity contribution in [3.05, 3.63) is 57.7 Å². The summed E-state index contributed by atoms with van der Waals surface area (Å²) in [6.45, 7) is 1.88. The number of carbonyl (C=O) groups excluding carboxylic acids is 1. The van der Waals surface area contributed by atoms with Gasteiger partial charge in [0.05, 0.1) is 0 Å². The molecule has 0 bridgehead atoms. The number of halogens is 2. The maximum Gasteiger partial charge on any atom is 0.256 e. The Balaban J connectivity index is 2.22. The molecule has 1 aromatic heterocycles. The molecular weight excluding hydrogens is 271 g/mol. The van der Waals surface area contributed by atoms with Crippen molar-refractivity contribution in [2.45, 2.75) is 6.92 Å². The second-order valence-electron chi connectivity index (χ2n) is 3.82. The van der Waals surface area contributed by atoms with Crippen LogP contribution in [0.25, 0.3) is 0 Å². The van der Waals surface area contributed by atoms with Gasteiger partial charge in [0, 0.05) is 10.6 Å². The van der Waals surface area contributed by atoms with E-state index in [2.05, 4.69) is 10.3 Å². The summed E-state index contributed by atoms with van der Waals surface area (Å²) in [7, 11) is 0. The number of aryl methyl sites for hydroxylation is 1. The molecule has 0 fully saturated rings. The number of pyridine rings is 1. The summed E-state index contributed by atoms with van der Waals surface area (Å²) >= 11 is 11.6. The first-order valence-corrected chi connectivity index (χ1v) is 6.01. The van der Waals surface area contributed by atoms with Gasteiger partial charge in [0.15, 0.2) is 0 Å². The average molecular weight is 281 g/mol. The quantitative estimate of drug-likeness (QED) is 0.847. The van der Waals surface area contributed by atoms with E-state index in [1.807, 2.05) is 6.92 Å². The van der Waals surface area contributed by atoms with E-state index in [1.54, 1.807) is 36.4 Å². The Morgan fingerprint density at radius 3 is 2.67 bits per heavy atom. The number of amides is 1. The summed E-state index contributed by atoms with van der Waals surface area (Å²) < 4.78 is 0. The van der Waals surface area contributed by atoms with Gasteiger partial charge in [-0.2, -0.15) is 0 Å². The van der Waals surface area contributed by atoms with Gasteiger partial charge >= 0.3 is 0 Å². The molecule has 0 saturated carbocycles. The number of anilines is 1. The second kappa shape index (κ2) is 5.38. The van der Waals surface area contributed by atoms with Gasteiger partial charge in [-0.1, -0.05) is 29.3 Å². The average Bonchev–Trinajstić information content (AvgIpc) is 2.27. The van der Waals surface area contributed by atoms with Gasteiger partial charge in [-0.05, 0) is 42.8 Å². The fourth-order valence-electron chi connectivity index (χ4n) is 1.53. The topological polar surface area (TPSA) is 42.0 Å². The molecule has 0 saturated heterocycles. The Hall–Kier alpha value is -1.58. The highest BCUT2D eigenvalue weighted by atomic mass is 35.5. The summed E-state index contributed by atoms with van der Waals surface area (Å²) in [5, 5.41) is 3.52. The lowest BCUT2D eigenvalue weighted by atomic mass is 10.1. The van der Waals surface area contributed by atoms with Crippen LogP contribution in [0.5, 0.6) is 0 Å². The monoisotopic (exact) mass is 280 g/mol. The highest BCUT2D eigenvalue weighted by molar-refractivity contribution is 6.31. The molecule has 1 heterocycles.